The summed E-state index contributed by atoms with van der Waals surface area (Å²) in [5.74, 6) is 2.76. The molecule has 6 atom stereocenters. The topological polar surface area (TPSA) is 17.1 Å². The summed E-state index contributed by atoms with van der Waals surface area (Å²) in [5, 5.41) is 0. The molecule has 0 N–H and O–H groups in total. The average Bonchev–Trinajstić information content (AvgIpc) is 3.14. The molecular weight excluding hydrogens is 420 g/mol. The maximum atomic E-state index is 14.1. The zero-order valence-electron chi connectivity index (χ0n) is 19.5. The molecule has 0 aromatic rings. The number of Topliss-reactive ketones (excluding diaryl/α,β-unsaturated/α-hetero) is 1. The lowest BCUT2D eigenvalue weighted by molar-refractivity contribution is -0.114. The molecule has 4 saturated carbocycles. The number of hydrogen-bond acceptors (Lipinski definition) is 1. The number of alkyl halides is 1. The van der Waals surface area contributed by atoms with Crippen molar-refractivity contribution in [1.82, 2.24) is 0 Å². The first-order chi connectivity index (χ1) is 13.2. The number of rotatable bonds is 2. The first-order valence-corrected chi connectivity index (χ1v) is 12.7. The number of hydrogen-bond donors (Lipinski definition) is 0. The highest BCUT2D eigenvalue weighted by atomic mass is 79.9. The first kappa shape index (κ1) is 20.5. The molecule has 0 aliphatic heterocycles. The molecule has 0 saturated heterocycles. The van der Waals surface area contributed by atoms with E-state index in [9.17, 15) is 4.79 Å². The lowest BCUT2D eigenvalue weighted by atomic mass is 9.60. The Kier molecular flexibility index (Phi) is 4.03. The maximum absolute atomic E-state index is 14.1. The van der Waals surface area contributed by atoms with Gasteiger partial charge >= 0.3 is 0 Å². The van der Waals surface area contributed by atoms with Gasteiger partial charge in [-0.2, -0.15) is 0 Å². The van der Waals surface area contributed by atoms with Gasteiger partial charge in [0, 0.05) is 11.1 Å². The van der Waals surface area contributed by atoms with Crippen LogP contribution in [-0.2, 0) is 4.79 Å². The number of fused-ring (bicyclic) bond motifs is 4. The van der Waals surface area contributed by atoms with Crippen LogP contribution in [0.3, 0.4) is 0 Å². The summed E-state index contributed by atoms with van der Waals surface area (Å²) < 4.78 is -0.198. The van der Waals surface area contributed by atoms with Crippen LogP contribution >= 0.6 is 15.9 Å². The third kappa shape index (κ3) is 2.36. The monoisotopic (exact) mass is 458 g/mol. The Bertz CT molecular complexity index is 777. The van der Waals surface area contributed by atoms with Gasteiger partial charge in [-0.05, 0) is 90.8 Å². The van der Waals surface area contributed by atoms with Crippen LogP contribution < -0.4 is 0 Å². The molecule has 2 heteroatoms. The van der Waals surface area contributed by atoms with Gasteiger partial charge in [0.05, 0.1) is 4.32 Å². The zero-order chi connectivity index (χ0) is 21.2. The van der Waals surface area contributed by atoms with Gasteiger partial charge in [-0.1, -0.05) is 69.6 Å². The van der Waals surface area contributed by atoms with E-state index in [0.29, 0.717) is 28.4 Å². The van der Waals surface area contributed by atoms with Gasteiger partial charge in [0.2, 0.25) is 0 Å². The Morgan fingerprint density at radius 3 is 1.41 bits per heavy atom. The molecule has 29 heavy (non-hydrogen) atoms. The second kappa shape index (κ2) is 5.70. The van der Waals surface area contributed by atoms with E-state index in [4.69, 9.17) is 0 Å². The fourth-order valence-corrected chi connectivity index (χ4v) is 9.31. The summed E-state index contributed by atoms with van der Waals surface area (Å²) in [6.45, 7) is 17.0. The number of allylic oxidation sites excluding steroid dienone is 4. The maximum Gasteiger partial charge on any atom is 0.185 e. The quantitative estimate of drug-likeness (QED) is 0.391. The molecule has 160 valence electrons. The number of ketones is 1. The van der Waals surface area contributed by atoms with Crippen LogP contribution in [0, 0.1) is 45.3 Å². The van der Waals surface area contributed by atoms with E-state index in [1.54, 1.807) is 0 Å². The Morgan fingerprint density at radius 2 is 1.14 bits per heavy atom. The first-order valence-electron chi connectivity index (χ1n) is 11.9. The summed E-state index contributed by atoms with van der Waals surface area (Å²) in [6.07, 6.45) is 12.2. The highest BCUT2D eigenvalue weighted by Crippen LogP contribution is 2.72. The van der Waals surface area contributed by atoms with Gasteiger partial charge in [0.1, 0.15) is 0 Å². The third-order valence-corrected chi connectivity index (χ3v) is 12.2. The van der Waals surface area contributed by atoms with Crippen molar-refractivity contribution in [2.24, 2.45) is 45.3 Å². The minimum Gasteiger partial charge on any atom is -0.289 e. The zero-order valence-corrected chi connectivity index (χ0v) is 21.1. The van der Waals surface area contributed by atoms with Crippen LogP contribution in [0.4, 0.5) is 0 Å². The fraction of sp³-hybridized carbons (Fsp3) is 0.815. The van der Waals surface area contributed by atoms with Crippen molar-refractivity contribution in [2.45, 2.75) is 91.3 Å². The molecule has 4 fully saturated rings. The lowest BCUT2D eigenvalue weighted by Crippen LogP contribution is -2.40. The largest absolute Gasteiger partial charge is 0.289 e. The summed E-state index contributed by atoms with van der Waals surface area (Å²) in [6, 6.07) is 0. The molecule has 0 spiro atoms. The van der Waals surface area contributed by atoms with Crippen molar-refractivity contribution >= 4 is 21.7 Å². The molecule has 6 unspecified atom stereocenters. The van der Waals surface area contributed by atoms with Gasteiger partial charge in [0.15, 0.2) is 5.78 Å². The molecule has 0 radical (unpaired) electrons. The lowest BCUT2D eigenvalue weighted by Gasteiger charge is -2.44. The van der Waals surface area contributed by atoms with E-state index in [1.165, 1.54) is 38.5 Å². The molecule has 0 aromatic heterocycles. The highest BCUT2D eigenvalue weighted by Gasteiger charge is 2.65. The van der Waals surface area contributed by atoms with Crippen molar-refractivity contribution in [2.75, 3.05) is 0 Å². The smallest absolute Gasteiger partial charge is 0.185 e. The standard InChI is InChI=1S/C27H39BrO/c1-23(2)16-8-10-26(23,6)20(12-16)18-14-25(5,28)15-19(22(18)29)21-13-17-9-11-27(21,7)24(17,3)4/h14-17,20-21H,8-13H2,1-7H3. The van der Waals surface area contributed by atoms with Crippen molar-refractivity contribution in [1.29, 1.82) is 0 Å². The molecule has 1 nitrogen and oxygen atoms in total. The summed E-state index contributed by atoms with van der Waals surface area (Å²) >= 11 is 3.99. The van der Waals surface area contributed by atoms with Crippen LogP contribution in [0.25, 0.3) is 0 Å². The van der Waals surface area contributed by atoms with Crippen LogP contribution in [0.15, 0.2) is 23.3 Å². The van der Waals surface area contributed by atoms with E-state index in [2.05, 4.69) is 76.5 Å². The van der Waals surface area contributed by atoms with E-state index in [-0.39, 0.29) is 15.2 Å². The molecule has 5 aliphatic rings. The molecular formula is C27H39BrO. The SMILES string of the molecule is CC1(Br)C=C(C2CC3CCC2(C)C3(C)C)C(=O)C(C2CC3CCC2(C)C3(C)C)=C1. The molecule has 5 rings (SSSR count). The fourth-order valence-electron chi connectivity index (χ4n) is 8.81. The minimum atomic E-state index is -0.198. The summed E-state index contributed by atoms with van der Waals surface area (Å²) in [5.41, 5.74) is 3.46. The Labute approximate surface area is 186 Å². The van der Waals surface area contributed by atoms with Crippen LogP contribution in [-0.4, -0.2) is 10.1 Å². The molecule has 5 aliphatic carbocycles. The van der Waals surface area contributed by atoms with E-state index >= 15 is 0 Å². The molecule has 0 amide bonds. The van der Waals surface area contributed by atoms with E-state index < -0.39 is 0 Å². The second-order valence-corrected chi connectivity index (χ2v) is 14.7. The van der Waals surface area contributed by atoms with E-state index in [1.807, 2.05) is 0 Å². The average molecular weight is 460 g/mol. The van der Waals surface area contributed by atoms with Gasteiger partial charge in [-0.25, -0.2) is 0 Å². The van der Waals surface area contributed by atoms with Gasteiger partial charge in [-0.15, -0.1) is 0 Å². The third-order valence-electron chi connectivity index (χ3n) is 11.7. The predicted molar refractivity (Wildman–Crippen MR) is 124 cm³/mol. The highest BCUT2D eigenvalue weighted by molar-refractivity contribution is 9.10. The van der Waals surface area contributed by atoms with E-state index in [0.717, 1.165) is 23.0 Å². The van der Waals surface area contributed by atoms with Crippen LogP contribution in [0.2, 0.25) is 0 Å². The van der Waals surface area contributed by atoms with Gasteiger partial charge in [0.25, 0.3) is 0 Å². The van der Waals surface area contributed by atoms with Gasteiger partial charge in [-0.3, -0.25) is 4.79 Å². The minimum absolute atomic E-state index is 0.198. The van der Waals surface area contributed by atoms with Crippen molar-refractivity contribution in [3.05, 3.63) is 23.3 Å². The van der Waals surface area contributed by atoms with Crippen molar-refractivity contribution in [3.63, 3.8) is 0 Å². The van der Waals surface area contributed by atoms with Crippen molar-refractivity contribution in [3.8, 4) is 0 Å². The van der Waals surface area contributed by atoms with Crippen LogP contribution in [0.5, 0.6) is 0 Å². The number of carbonyl (C=O) groups excluding carboxylic acids is 1. The molecule has 0 heterocycles. The second-order valence-electron chi connectivity index (χ2n) is 13.0. The Balaban J connectivity index is 1.54. The number of carbonyl (C=O) groups is 1. The predicted octanol–water partition coefficient (Wildman–Crippen LogP) is 7.50. The normalized spacial score (nSPS) is 52.1. The van der Waals surface area contributed by atoms with Gasteiger partial charge < -0.3 is 0 Å². The summed E-state index contributed by atoms with van der Waals surface area (Å²) in [4.78, 5) is 14.1. The summed E-state index contributed by atoms with van der Waals surface area (Å²) in [7, 11) is 0. The molecule has 0 aromatic carbocycles. The molecule has 4 bridgehead atoms. The number of halogens is 1. The Hall–Kier alpha value is -0.370. The van der Waals surface area contributed by atoms with Crippen LogP contribution in [0.1, 0.15) is 87.0 Å². The Morgan fingerprint density at radius 1 is 0.759 bits per heavy atom. The van der Waals surface area contributed by atoms with Crippen molar-refractivity contribution < 1.29 is 4.79 Å².